The van der Waals surface area contributed by atoms with E-state index in [9.17, 15) is 4.79 Å². The molecule has 4 aromatic rings. The van der Waals surface area contributed by atoms with Gasteiger partial charge in [0.05, 0.1) is 56.0 Å². The molecule has 1 saturated heterocycles. The van der Waals surface area contributed by atoms with Gasteiger partial charge in [0, 0.05) is 61.0 Å². The Morgan fingerprint density at radius 1 is 1.05 bits per heavy atom. The molecule has 1 aliphatic rings. The van der Waals surface area contributed by atoms with Crippen LogP contribution in [0.2, 0.25) is 0 Å². The number of hydrogen-bond acceptors (Lipinski definition) is 8. The molecular weight excluding hydrogens is 484 g/mol. The first-order valence-corrected chi connectivity index (χ1v) is 12.5. The standard InChI is InChI=1S/C28H32N6O4/c1-18(2)33-15-24(38-17-28(33)35)16-34(21-8-22(36-4)11-23(9-21)37-5)20-6-7-25-26(10-20)31-27(13-29-25)19-12-30-32(3)14-19/h6-14,18,24H,15-17H2,1-5H3. The monoisotopic (exact) mass is 516 g/mol. The van der Waals surface area contributed by atoms with Gasteiger partial charge in [-0.2, -0.15) is 5.10 Å². The number of rotatable bonds is 8. The third-order valence-corrected chi connectivity index (χ3v) is 6.66. The first-order chi connectivity index (χ1) is 18.3. The van der Waals surface area contributed by atoms with Gasteiger partial charge in [0.15, 0.2) is 0 Å². The molecular formula is C28H32N6O4. The molecule has 3 heterocycles. The molecule has 0 bridgehead atoms. The van der Waals surface area contributed by atoms with Gasteiger partial charge in [-0.15, -0.1) is 0 Å². The van der Waals surface area contributed by atoms with Gasteiger partial charge in [0.2, 0.25) is 5.91 Å². The van der Waals surface area contributed by atoms with Gasteiger partial charge in [0.1, 0.15) is 18.1 Å². The fraction of sp³-hybridized carbons (Fsp3) is 0.357. The Morgan fingerprint density at radius 2 is 1.82 bits per heavy atom. The van der Waals surface area contributed by atoms with E-state index in [1.54, 1.807) is 31.3 Å². The molecule has 10 nitrogen and oxygen atoms in total. The van der Waals surface area contributed by atoms with Crippen LogP contribution >= 0.6 is 0 Å². The summed E-state index contributed by atoms with van der Waals surface area (Å²) in [6.45, 7) is 5.12. The lowest BCUT2D eigenvalue weighted by Gasteiger charge is -2.38. The molecule has 5 rings (SSSR count). The van der Waals surface area contributed by atoms with Crippen molar-refractivity contribution in [1.82, 2.24) is 24.6 Å². The third-order valence-electron chi connectivity index (χ3n) is 6.66. The van der Waals surface area contributed by atoms with E-state index in [1.165, 1.54) is 0 Å². The lowest BCUT2D eigenvalue weighted by Crippen LogP contribution is -2.52. The number of carbonyl (C=O) groups is 1. The zero-order valence-corrected chi connectivity index (χ0v) is 22.3. The minimum absolute atomic E-state index is 0.00904. The third kappa shape index (κ3) is 5.26. The molecule has 1 unspecified atom stereocenters. The van der Waals surface area contributed by atoms with Crippen LogP contribution in [-0.2, 0) is 16.6 Å². The van der Waals surface area contributed by atoms with Crippen molar-refractivity contribution in [3.05, 3.63) is 55.0 Å². The van der Waals surface area contributed by atoms with Crippen LogP contribution in [0.15, 0.2) is 55.0 Å². The molecule has 1 atom stereocenters. The topological polar surface area (TPSA) is 94.8 Å². The molecule has 0 spiro atoms. The predicted octanol–water partition coefficient (Wildman–Crippen LogP) is 3.82. The number of anilines is 2. The molecule has 0 N–H and O–H groups in total. The van der Waals surface area contributed by atoms with Crippen molar-refractivity contribution in [2.45, 2.75) is 26.0 Å². The summed E-state index contributed by atoms with van der Waals surface area (Å²) in [7, 11) is 5.13. The highest BCUT2D eigenvalue weighted by Crippen LogP contribution is 2.35. The molecule has 10 heteroatoms. The predicted molar refractivity (Wildman–Crippen MR) is 145 cm³/mol. The number of nitrogens with zero attached hydrogens (tertiary/aromatic N) is 6. The first-order valence-electron chi connectivity index (χ1n) is 12.5. The van der Waals surface area contributed by atoms with Crippen LogP contribution in [0.4, 0.5) is 11.4 Å². The van der Waals surface area contributed by atoms with E-state index in [0.717, 1.165) is 33.7 Å². The van der Waals surface area contributed by atoms with Gasteiger partial charge < -0.3 is 24.0 Å². The Balaban J connectivity index is 1.56. The van der Waals surface area contributed by atoms with Crippen LogP contribution in [-0.4, -0.2) is 76.6 Å². The number of amides is 1. The maximum atomic E-state index is 12.4. The molecule has 0 radical (unpaired) electrons. The van der Waals surface area contributed by atoms with E-state index in [2.05, 4.69) is 15.0 Å². The molecule has 1 aliphatic heterocycles. The van der Waals surface area contributed by atoms with E-state index in [-0.39, 0.29) is 24.7 Å². The number of benzene rings is 2. The second-order valence-corrected chi connectivity index (χ2v) is 9.59. The normalized spacial score (nSPS) is 15.8. The highest BCUT2D eigenvalue weighted by molar-refractivity contribution is 5.83. The zero-order valence-electron chi connectivity index (χ0n) is 22.3. The summed E-state index contributed by atoms with van der Waals surface area (Å²) in [4.78, 5) is 25.9. The number of aromatic nitrogens is 4. The average molecular weight is 517 g/mol. The molecule has 1 fully saturated rings. The van der Waals surface area contributed by atoms with Crippen LogP contribution in [0.25, 0.3) is 22.3 Å². The Labute approximate surface area is 221 Å². The van der Waals surface area contributed by atoms with Crippen LogP contribution in [0.1, 0.15) is 13.8 Å². The van der Waals surface area contributed by atoms with Gasteiger partial charge in [-0.25, -0.2) is 4.98 Å². The summed E-state index contributed by atoms with van der Waals surface area (Å²) in [6, 6.07) is 11.8. The van der Waals surface area contributed by atoms with Crippen molar-refractivity contribution < 1.29 is 19.0 Å². The Kier molecular flexibility index (Phi) is 7.15. The molecule has 1 amide bonds. The highest BCUT2D eigenvalue weighted by atomic mass is 16.5. The van der Waals surface area contributed by atoms with Crippen molar-refractivity contribution in [3.8, 4) is 22.8 Å². The fourth-order valence-corrected chi connectivity index (χ4v) is 4.63. The Bertz CT molecular complexity index is 1430. The number of carbonyl (C=O) groups excluding carboxylic acids is 1. The number of hydrogen-bond donors (Lipinski definition) is 0. The molecule has 2 aromatic carbocycles. The summed E-state index contributed by atoms with van der Waals surface area (Å²) < 4.78 is 18.8. The number of morpholine rings is 1. The van der Waals surface area contributed by atoms with Crippen molar-refractivity contribution in [1.29, 1.82) is 0 Å². The van der Waals surface area contributed by atoms with E-state index < -0.39 is 0 Å². The molecule has 0 saturated carbocycles. The molecule has 198 valence electrons. The number of aryl methyl sites for hydroxylation is 1. The quantitative estimate of drug-likeness (QED) is 0.349. The van der Waals surface area contributed by atoms with Crippen LogP contribution in [0, 0.1) is 0 Å². The Morgan fingerprint density at radius 3 is 2.47 bits per heavy atom. The maximum Gasteiger partial charge on any atom is 0.248 e. The van der Waals surface area contributed by atoms with Gasteiger partial charge in [-0.05, 0) is 32.0 Å². The zero-order chi connectivity index (χ0) is 26.8. The minimum Gasteiger partial charge on any atom is -0.497 e. The first kappa shape index (κ1) is 25.5. The lowest BCUT2D eigenvalue weighted by molar-refractivity contribution is -0.150. The second kappa shape index (κ2) is 10.7. The average Bonchev–Trinajstić information content (AvgIpc) is 3.37. The van der Waals surface area contributed by atoms with Gasteiger partial charge in [-0.3, -0.25) is 14.5 Å². The smallest absolute Gasteiger partial charge is 0.248 e. The van der Waals surface area contributed by atoms with Crippen LogP contribution in [0.3, 0.4) is 0 Å². The van der Waals surface area contributed by atoms with E-state index >= 15 is 0 Å². The fourth-order valence-electron chi connectivity index (χ4n) is 4.63. The summed E-state index contributed by atoms with van der Waals surface area (Å²) in [5, 5.41) is 4.26. The maximum absolute atomic E-state index is 12.4. The largest absolute Gasteiger partial charge is 0.497 e. The summed E-state index contributed by atoms with van der Waals surface area (Å²) in [5.74, 6) is 1.36. The van der Waals surface area contributed by atoms with Crippen molar-refractivity contribution >= 4 is 28.3 Å². The molecule has 2 aromatic heterocycles. The van der Waals surface area contributed by atoms with E-state index in [0.29, 0.717) is 24.6 Å². The van der Waals surface area contributed by atoms with Gasteiger partial charge in [-0.1, -0.05) is 0 Å². The van der Waals surface area contributed by atoms with Gasteiger partial charge in [0.25, 0.3) is 0 Å². The highest BCUT2D eigenvalue weighted by Gasteiger charge is 2.30. The van der Waals surface area contributed by atoms with Crippen LogP contribution < -0.4 is 14.4 Å². The summed E-state index contributed by atoms with van der Waals surface area (Å²) >= 11 is 0. The van der Waals surface area contributed by atoms with Crippen molar-refractivity contribution in [3.63, 3.8) is 0 Å². The number of methoxy groups -OCH3 is 2. The summed E-state index contributed by atoms with van der Waals surface area (Å²) in [5.41, 5.74) is 4.97. The number of ether oxygens (including phenoxy) is 3. The minimum atomic E-state index is -0.198. The summed E-state index contributed by atoms with van der Waals surface area (Å²) in [6.07, 6.45) is 5.25. The van der Waals surface area contributed by atoms with E-state index in [1.807, 2.05) is 68.4 Å². The van der Waals surface area contributed by atoms with Crippen LogP contribution in [0.5, 0.6) is 11.5 Å². The molecule has 0 aliphatic carbocycles. The van der Waals surface area contributed by atoms with Crippen molar-refractivity contribution in [2.24, 2.45) is 7.05 Å². The SMILES string of the molecule is COc1cc(OC)cc(N(CC2CN(C(C)C)C(=O)CO2)c2ccc3ncc(-c4cnn(C)c4)nc3c2)c1. The lowest BCUT2D eigenvalue weighted by atomic mass is 10.1. The van der Waals surface area contributed by atoms with E-state index in [4.69, 9.17) is 19.2 Å². The Hall–Kier alpha value is -4.18. The van der Waals surface area contributed by atoms with Crippen molar-refractivity contribution in [2.75, 3.05) is 38.8 Å². The van der Waals surface area contributed by atoms with Gasteiger partial charge >= 0.3 is 0 Å². The molecule has 38 heavy (non-hydrogen) atoms. The number of fused-ring (bicyclic) bond motifs is 1. The second-order valence-electron chi connectivity index (χ2n) is 9.59.